The highest BCUT2D eigenvalue weighted by molar-refractivity contribution is 5.57. The maximum atomic E-state index is 4.50. The molecule has 0 saturated heterocycles. The summed E-state index contributed by atoms with van der Waals surface area (Å²) in [7, 11) is 0. The summed E-state index contributed by atoms with van der Waals surface area (Å²) < 4.78 is 0. The van der Waals surface area contributed by atoms with Crippen LogP contribution >= 0.6 is 0 Å². The molecule has 2 unspecified atom stereocenters. The molecule has 0 amide bonds. The molecule has 0 aromatic heterocycles. The third-order valence-electron chi connectivity index (χ3n) is 3.02. The van der Waals surface area contributed by atoms with Gasteiger partial charge in [-0.15, -0.1) is 0 Å². The molecule has 0 saturated carbocycles. The summed E-state index contributed by atoms with van der Waals surface area (Å²) in [5, 5.41) is 3.03. The lowest BCUT2D eigenvalue weighted by molar-refractivity contribution is 0.390. The largest absolute Gasteiger partial charge is 0.357 e. The molecule has 0 aromatic rings. The Bertz CT molecular complexity index is 311. The van der Waals surface area contributed by atoms with Gasteiger partial charge >= 0.3 is 0 Å². The van der Waals surface area contributed by atoms with Crippen molar-refractivity contribution in [2.75, 3.05) is 6.67 Å². The second kappa shape index (κ2) is 7.66. The zero-order valence-electron chi connectivity index (χ0n) is 10.5. The lowest BCUT2D eigenvalue weighted by atomic mass is 9.99. The molecule has 98 valence electrons. The van der Waals surface area contributed by atoms with Crippen molar-refractivity contribution in [2.24, 2.45) is 15.9 Å². The Balaban J connectivity index is 2.00. The Morgan fingerprint density at radius 2 is 1.89 bits per heavy atom. The van der Waals surface area contributed by atoms with Gasteiger partial charge < -0.3 is 10.7 Å². The predicted octanol–water partition coefficient (Wildman–Crippen LogP) is 1.33. The Labute approximate surface area is 108 Å². The van der Waals surface area contributed by atoms with Crippen molar-refractivity contribution < 1.29 is 0 Å². The first-order chi connectivity index (χ1) is 8.97. The molecule has 1 aliphatic heterocycles. The van der Waals surface area contributed by atoms with Crippen LogP contribution in [0.15, 0.2) is 34.3 Å². The van der Waals surface area contributed by atoms with E-state index in [1.54, 1.807) is 12.7 Å². The molecule has 0 spiro atoms. The summed E-state index contributed by atoms with van der Waals surface area (Å²) in [6.45, 7) is 0.550. The molecule has 1 aliphatic carbocycles. The van der Waals surface area contributed by atoms with E-state index in [-0.39, 0.29) is 6.17 Å². The van der Waals surface area contributed by atoms with E-state index in [1.807, 2.05) is 0 Å². The van der Waals surface area contributed by atoms with Crippen molar-refractivity contribution in [1.29, 1.82) is 0 Å². The molecule has 5 heteroatoms. The number of nitrogens with one attached hydrogen (secondary N) is 3. The predicted molar refractivity (Wildman–Crippen MR) is 75.3 cm³/mol. The van der Waals surface area contributed by atoms with Crippen molar-refractivity contribution in [2.45, 2.75) is 31.8 Å². The van der Waals surface area contributed by atoms with Gasteiger partial charge in [0, 0.05) is 5.92 Å². The summed E-state index contributed by atoms with van der Waals surface area (Å²) in [5.41, 5.74) is 6.17. The SMILES string of the molecule is C1=NCNC=NC(C2/C=C/CC/C=C/CC2)NN1. The number of hydrogen-bond donors (Lipinski definition) is 3. The van der Waals surface area contributed by atoms with Crippen LogP contribution in [0.2, 0.25) is 0 Å². The third kappa shape index (κ3) is 4.33. The molecule has 0 radical (unpaired) electrons. The number of hydrazine groups is 1. The van der Waals surface area contributed by atoms with E-state index >= 15 is 0 Å². The summed E-state index contributed by atoms with van der Waals surface area (Å²) in [6.07, 6.45) is 16.9. The van der Waals surface area contributed by atoms with Crippen LogP contribution in [0.1, 0.15) is 25.7 Å². The van der Waals surface area contributed by atoms with Crippen LogP contribution in [0.25, 0.3) is 0 Å². The van der Waals surface area contributed by atoms with Crippen molar-refractivity contribution in [1.82, 2.24) is 16.2 Å². The Morgan fingerprint density at radius 3 is 2.89 bits per heavy atom. The van der Waals surface area contributed by atoms with Crippen LogP contribution in [0, 0.1) is 5.92 Å². The van der Waals surface area contributed by atoms with Gasteiger partial charge in [0.2, 0.25) is 0 Å². The second-order valence-electron chi connectivity index (χ2n) is 4.40. The fourth-order valence-electron chi connectivity index (χ4n) is 2.04. The average Bonchev–Trinajstić information content (AvgIpc) is 2.61. The molecule has 2 rings (SSSR count). The fourth-order valence-corrected chi connectivity index (χ4v) is 2.04. The van der Waals surface area contributed by atoms with Crippen molar-refractivity contribution in [3.05, 3.63) is 24.3 Å². The maximum absolute atomic E-state index is 4.50. The minimum absolute atomic E-state index is 0.0322. The Hall–Kier alpha value is -1.62. The molecule has 2 aliphatic rings. The molecular formula is C13H21N5. The van der Waals surface area contributed by atoms with E-state index in [9.17, 15) is 0 Å². The number of nitrogens with zero attached hydrogens (tertiary/aromatic N) is 2. The first-order valence-corrected chi connectivity index (χ1v) is 6.53. The number of hydrogen-bond acceptors (Lipinski definition) is 5. The van der Waals surface area contributed by atoms with E-state index < -0.39 is 0 Å². The van der Waals surface area contributed by atoms with E-state index in [0.29, 0.717) is 12.6 Å². The zero-order valence-corrected chi connectivity index (χ0v) is 10.5. The van der Waals surface area contributed by atoms with E-state index in [0.717, 1.165) is 25.7 Å². The molecule has 18 heavy (non-hydrogen) atoms. The molecule has 0 bridgehead atoms. The molecule has 1 heterocycles. The Morgan fingerprint density at radius 1 is 1.00 bits per heavy atom. The molecule has 2 atom stereocenters. The average molecular weight is 247 g/mol. The van der Waals surface area contributed by atoms with E-state index in [2.05, 4.69) is 50.5 Å². The van der Waals surface area contributed by atoms with Gasteiger partial charge in [-0.1, -0.05) is 24.3 Å². The second-order valence-corrected chi connectivity index (χ2v) is 4.40. The van der Waals surface area contributed by atoms with Gasteiger partial charge in [0.25, 0.3) is 0 Å². The first-order valence-electron chi connectivity index (χ1n) is 6.53. The summed E-state index contributed by atoms with van der Waals surface area (Å²) in [6, 6.07) is 0. The smallest absolute Gasteiger partial charge is 0.124 e. The van der Waals surface area contributed by atoms with Crippen LogP contribution in [-0.2, 0) is 0 Å². The molecule has 5 nitrogen and oxygen atoms in total. The molecular weight excluding hydrogens is 226 g/mol. The van der Waals surface area contributed by atoms with Crippen LogP contribution in [0.5, 0.6) is 0 Å². The zero-order chi connectivity index (χ0) is 12.5. The van der Waals surface area contributed by atoms with Gasteiger partial charge in [-0.05, 0) is 25.7 Å². The number of allylic oxidation sites excluding steroid dienone is 3. The minimum Gasteiger partial charge on any atom is -0.357 e. The topological polar surface area (TPSA) is 60.8 Å². The van der Waals surface area contributed by atoms with Crippen molar-refractivity contribution >= 4 is 12.7 Å². The van der Waals surface area contributed by atoms with Gasteiger partial charge in [0.05, 0.1) is 12.7 Å². The lowest BCUT2D eigenvalue weighted by Gasteiger charge is -2.21. The van der Waals surface area contributed by atoms with Gasteiger partial charge in [-0.3, -0.25) is 9.98 Å². The maximum Gasteiger partial charge on any atom is 0.124 e. The summed E-state index contributed by atoms with van der Waals surface area (Å²) >= 11 is 0. The van der Waals surface area contributed by atoms with Gasteiger partial charge in [-0.25, -0.2) is 5.43 Å². The van der Waals surface area contributed by atoms with E-state index in [4.69, 9.17) is 0 Å². The van der Waals surface area contributed by atoms with Crippen LogP contribution < -0.4 is 16.2 Å². The standard InChI is InChI=1S/C13H21N5/c1-2-4-6-8-12(7-5-3-1)13-16-10-14-9-15-11-17-18-13/h1,3,6,8,10-13,18H,2,4-5,7,9H2,(H,14,16)(H,15,17)/b3-1+,8-6+. The summed E-state index contributed by atoms with van der Waals surface area (Å²) in [5.74, 6) is 0.393. The van der Waals surface area contributed by atoms with Crippen LogP contribution in [-0.4, -0.2) is 25.5 Å². The highest BCUT2D eigenvalue weighted by Crippen LogP contribution is 2.17. The summed E-state index contributed by atoms with van der Waals surface area (Å²) in [4.78, 5) is 8.59. The van der Waals surface area contributed by atoms with Gasteiger partial charge in [0.1, 0.15) is 12.8 Å². The van der Waals surface area contributed by atoms with Crippen molar-refractivity contribution in [3.63, 3.8) is 0 Å². The number of rotatable bonds is 1. The van der Waals surface area contributed by atoms with Crippen LogP contribution in [0.3, 0.4) is 0 Å². The van der Waals surface area contributed by atoms with Crippen LogP contribution in [0.4, 0.5) is 0 Å². The molecule has 0 aromatic carbocycles. The normalized spacial score (nSPS) is 32.4. The van der Waals surface area contributed by atoms with E-state index in [1.165, 1.54) is 0 Å². The van der Waals surface area contributed by atoms with Gasteiger partial charge in [0.15, 0.2) is 0 Å². The third-order valence-corrected chi connectivity index (χ3v) is 3.02. The quantitative estimate of drug-likeness (QED) is 0.613. The number of aliphatic imine (C=N–C) groups is 2. The molecule has 0 fully saturated rings. The Kier molecular flexibility index (Phi) is 5.46. The lowest BCUT2D eigenvalue weighted by Crippen LogP contribution is -2.42. The monoisotopic (exact) mass is 247 g/mol. The fraction of sp³-hybridized carbons (Fsp3) is 0.538. The highest BCUT2D eigenvalue weighted by atomic mass is 15.4. The first kappa shape index (κ1) is 12.8. The van der Waals surface area contributed by atoms with Gasteiger partial charge in [-0.2, -0.15) is 0 Å². The van der Waals surface area contributed by atoms with Crippen molar-refractivity contribution in [3.8, 4) is 0 Å². The molecule has 3 N–H and O–H groups in total. The minimum atomic E-state index is 0.0322. The highest BCUT2D eigenvalue weighted by Gasteiger charge is 2.17.